The van der Waals surface area contributed by atoms with Crippen molar-refractivity contribution in [3.63, 3.8) is 0 Å². The number of carbonyl (C=O) groups is 1. The molecule has 1 amide bonds. The van der Waals surface area contributed by atoms with Crippen molar-refractivity contribution in [3.8, 4) is 5.75 Å². The van der Waals surface area contributed by atoms with Crippen molar-refractivity contribution in [3.05, 3.63) is 57.6 Å². The predicted molar refractivity (Wildman–Crippen MR) is 122 cm³/mol. The summed E-state index contributed by atoms with van der Waals surface area (Å²) in [5.74, 6) is 0.325. The number of rotatable bonds is 9. The lowest BCUT2D eigenvalue weighted by molar-refractivity contribution is -0.122. The Hall–Kier alpha value is -1.96. The van der Waals surface area contributed by atoms with E-state index in [0.717, 1.165) is 27.4 Å². The van der Waals surface area contributed by atoms with Crippen LogP contribution in [0.15, 0.2) is 36.4 Å². The monoisotopic (exact) mass is 472 g/mol. The second-order valence-corrected chi connectivity index (χ2v) is 9.75. The van der Waals surface area contributed by atoms with Crippen LogP contribution >= 0.6 is 23.2 Å². The number of ether oxygens (including phenoxy) is 1. The molecule has 0 fully saturated rings. The van der Waals surface area contributed by atoms with E-state index in [1.54, 1.807) is 6.92 Å². The van der Waals surface area contributed by atoms with Gasteiger partial charge in [0, 0.05) is 10.0 Å². The first-order valence-corrected chi connectivity index (χ1v) is 12.1. The first-order chi connectivity index (χ1) is 14.0. The SMILES string of the molecule is CC[C@@H](C(=O)NCCOc1cc(C)ccc1C)N(c1cc(Cl)cc(Cl)c1)S(C)(=O)=O. The van der Waals surface area contributed by atoms with Crippen molar-refractivity contribution >= 4 is 44.8 Å². The molecule has 1 N–H and O–H groups in total. The van der Waals surface area contributed by atoms with Gasteiger partial charge in [-0.1, -0.05) is 42.3 Å². The molecule has 2 rings (SSSR count). The van der Waals surface area contributed by atoms with Gasteiger partial charge < -0.3 is 10.1 Å². The van der Waals surface area contributed by atoms with Crippen LogP contribution in [0.2, 0.25) is 10.0 Å². The van der Waals surface area contributed by atoms with E-state index in [0.29, 0.717) is 0 Å². The molecule has 0 aliphatic carbocycles. The van der Waals surface area contributed by atoms with Crippen molar-refractivity contribution in [1.29, 1.82) is 0 Å². The van der Waals surface area contributed by atoms with Gasteiger partial charge in [0.1, 0.15) is 18.4 Å². The summed E-state index contributed by atoms with van der Waals surface area (Å²) in [4.78, 5) is 12.8. The Morgan fingerprint density at radius 2 is 1.77 bits per heavy atom. The summed E-state index contributed by atoms with van der Waals surface area (Å²) >= 11 is 12.1. The van der Waals surface area contributed by atoms with Crippen LogP contribution in [-0.4, -0.2) is 39.8 Å². The third-order valence-corrected chi connectivity index (χ3v) is 6.05. The molecule has 0 aromatic heterocycles. The Morgan fingerprint density at radius 1 is 1.13 bits per heavy atom. The third-order valence-electron chi connectivity index (χ3n) is 4.43. The minimum absolute atomic E-state index is 0.233. The summed E-state index contributed by atoms with van der Waals surface area (Å²) in [5, 5.41) is 3.32. The van der Waals surface area contributed by atoms with Crippen molar-refractivity contribution in [1.82, 2.24) is 5.32 Å². The molecule has 0 aliphatic heterocycles. The summed E-state index contributed by atoms with van der Waals surface area (Å²) in [7, 11) is -3.77. The van der Waals surface area contributed by atoms with Crippen LogP contribution in [0.25, 0.3) is 0 Å². The zero-order chi connectivity index (χ0) is 22.5. The van der Waals surface area contributed by atoms with Gasteiger partial charge in [-0.2, -0.15) is 0 Å². The largest absolute Gasteiger partial charge is 0.491 e. The topological polar surface area (TPSA) is 75.7 Å². The zero-order valence-corrected chi connectivity index (χ0v) is 19.7. The van der Waals surface area contributed by atoms with Crippen LogP contribution in [0.5, 0.6) is 5.75 Å². The van der Waals surface area contributed by atoms with Crippen LogP contribution < -0.4 is 14.4 Å². The quantitative estimate of drug-likeness (QED) is 0.550. The standard InChI is InChI=1S/C21H26Cl2N2O4S/c1-5-19(25(30(4,27)28)18-12-16(22)11-17(23)13-18)21(26)24-8-9-29-20-10-14(2)6-7-15(20)3/h6-7,10-13,19H,5,8-9H2,1-4H3,(H,24,26)/t19-/m0/s1. The van der Waals surface area contributed by atoms with E-state index in [4.69, 9.17) is 27.9 Å². The van der Waals surface area contributed by atoms with Gasteiger partial charge in [0.25, 0.3) is 0 Å². The van der Waals surface area contributed by atoms with Crippen LogP contribution in [0.4, 0.5) is 5.69 Å². The van der Waals surface area contributed by atoms with E-state index in [-0.39, 0.29) is 35.3 Å². The fourth-order valence-electron chi connectivity index (χ4n) is 3.04. The molecule has 0 bridgehead atoms. The predicted octanol–water partition coefficient (Wildman–Crippen LogP) is 4.35. The smallest absolute Gasteiger partial charge is 0.244 e. The highest BCUT2D eigenvalue weighted by molar-refractivity contribution is 7.92. The summed E-state index contributed by atoms with van der Waals surface area (Å²) < 4.78 is 31.7. The van der Waals surface area contributed by atoms with Gasteiger partial charge in [0.2, 0.25) is 15.9 Å². The van der Waals surface area contributed by atoms with Crippen LogP contribution in [0.1, 0.15) is 24.5 Å². The van der Waals surface area contributed by atoms with Crippen molar-refractivity contribution in [2.45, 2.75) is 33.2 Å². The Balaban J connectivity index is 2.11. The van der Waals surface area contributed by atoms with E-state index in [2.05, 4.69) is 5.32 Å². The van der Waals surface area contributed by atoms with Crippen molar-refractivity contribution in [2.24, 2.45) is 0 Å². The molecule has 0 saturated heterocycles. The normalized spacial score (nSPS) is 12.3. The lowest BCUT2D eigenvalue weighted by Gasteiger charge is -2.30. The van der Waals surface area contributed by atoms with Crippen molar-refractivity contribution < 1.29 is 17.9 Å². The van der Waals surface area contributed by atoms with E-state index in [1.807, 2.05) is 32.0 Å². The summed E-state index contributed by atoms with van der Waals surface area (Å²) in [5.41, 5.74) is 2.32. The molecular weight excluding hydrogens is 447 g/mol. The highest BCUT2D eigenvalue weighted by atomic mass is 35.5. The minimum atomic E-state index is -3.77. The first kappa shape index (κ1) is 24.3. The number of hydrogen-bond acceptors (Lipinski definition) is 4. The van der Waals surface area contributed by atoms with Gasteiger partial charge in [-0.15, -0.1) is 0 Å². The molecule has 6 nitrogen and oxygen atoms in total. The zero-order valence-electron chi connectivity index (χ0n) is 17.4. The average Bonchev–Trinajstić information content (AvgIpc) is 2.63. The molecule has 0 heterocycles. The maximum absolute atomic E-state index is 12.8. The third kappa shape index (κ3) is 6.52. The number of halogens is 2. The van der Waals surface area contributed by atoms with Crippen LogP contribution in [0, 0.1) is 13.8 Å². The fourth-order valence-corrected chi connectivity index (χ4v) is 4.75. The van der Waals surface area contributed by atoms with Gasteiger partial charge in [0.05, 0.1) is 18.5 Å². The number of benzene rings is 2. The molecule has 30 heavy (non-hydrogen) atoms. The maximum atomic E-state index is 12.8. The summed E-state index contributed by atoms with van der Waals surface area (Å²) in [6, 6.07) is 9.38. The number of nitrogens with one attached hydrogen (secondary N) is 1. The van der Waals surface area contributed by atoms with Crippen LogP contribution in [0.3, 0.4) is 0 Å². The second kappa shape index (κ2) is 10.4. The summed E-state index contributed by atoms with van der Waals surface area (Å²) in [6.07, 6.45) is 1.31. The molecule has 0 spiro atoms. The molecule has 0 aliphatic rings. The lowest BCUT2D eigenvalue weighted by Crippen LogP contribution is -2.50. The molecule has 9 heteroatoms. The molecule has 0 unspecified atom stereocenters. The number of sulfonamides is 1. The van der Waals surface area contributed by atoms with Gasteiger partial charge >= 0.3 is 0 Å². The van der Waals surface area contributed by atoms with E-state index >= 15 is 0 Å². The molecule has 1 atom stereocenters. The highest BCUT2D eigenvalue weighted by Gasteiger charge is 2.31. The first-order valence-electron chi connectivity index (χ1n) is 9.46. The number of anilines is 1. The van der Waals surface area contributed by atoms with E-state index in [9.17, 15) is 13.2 Å². The molecular formula is C21H26Cl2N2O4S. The minimum Gasteiger partial charge on any atom is -0.491 e. The van der Waals surface area contributed by atoms with E-state index < -0.39 is 22.0 Å². The number of hydrogen-bond donors (Lipinski definition) is 1. The average molecular weight is 473 g/mol. The Kier molecular flexibility index (Phi) is 8.41. The molecule has 164 valence electrons. The van der Waals surface area contributed by atoms with Gasteiger partial charge in [-0.05, 0) is 55.7 Å². The molecule has 2 aromatic carbocycles. The van der Waals surface area contributed by atoms with Gasteiger partial charge in [0.15, 0.2) is 0 Å². The van der Waals surface area contributed by atoms with Gasteiger partial charge in [-0.25, -0.2) is 8.42 Å². The highest BCUT2D eigenvalue weighted by Crippen LogP contribution is 2.29. The number of aryl methyl sites for hydroxylation is 2. The Morgan fingerprint density at radius 3 is 2.33 bits per heavy atom. The Labute approximate surface area is 188 Å². The van der Waals surface area contributed by atoms with Crippen LogP contribution in [-0.2, 0) is 14.8 Å². The molecule has 0 radical (unpaired) electrons. The maximum Gasteiger partial charge on any atom is 0.244 e. The molecule has 2 aromatic rings. The lowest BCUT2D eigenvalue weighted by atomic mass is 10.1. The number of nitrogens with zero attached hydrogens (tertiary/aromatic N) is 1. The number of carbonyl (C=O) groups excluding carboxylic acids is 1. The fraction of sp³-hybridized carbons (Fsp3) is 0.381. The van der Waals surface area contributed by atoms with Gasteiger partial charge in [-0.3, -0.25) is 9.10 Å². The molecule has 0 saturated carbocycles. The van der Waals surface area contributed by atoms with Crippen molar-refractivity contribution in [2.75, 3.05) is 23.7 Å². The summed E-state index contributed by atoms with van der Waals surface area (Å²) in [6.45, 7) is 6.15. The second-order valence-electron chi connectivity index (χ2n) is 7.02. The number of amides is 1. The Bertz CT molecular complexity index is 992. The van der Waals surface area contributed by atoms with E-state index in [1.165, 1.54) is 18.2 Å².